The highest BCUT2D eigenvalue weighted by Crippen LogP contribution is 2.27. The maximum atomic E-state index is 12.8. The van der Waals surface area contributed by atoms with Crippen molar-refractivity contribution >= 4 is 53.3 Å². The number of aromatic nitrogens is 2. The molecule has 2 atom stereocenters. The molecule has 10 heteroatoms. The summed E-state index contributed by atoms with van der Waals surface area (Å²) < 4.78 is 5.11. The number of fused-ring (bicyclic) bond motifs is 1. The quantitative estimate of drug-likeness (QED) is 0.288. The molecule has 1 saturated carbocycles. The molecule has 1 aromatic heterocycles. The Balaban J connectivity index is 0.00000306. The predicted octanol–water partition coefficient (Wildman–Crippen LogP) is 4.88. The van der Waals surface area contributed by atoms with Crippen LogP contribution in [0.25, 0.3) is 10.9 Å². The van der Waals surface area contributed by atoms with Gasteiger partial charge in [0, 0.05) is 37.5 Å². The minimum atomic E-state index is -0.268. The Morgan fingerprint density at radius 3 is 2.49 bits per heavy atom. The van der Waals surface area contributed by atoms with Crippen LogP contribution in [0.3, 0.4) is 0 Å². The second-order valence-corrected chi connectivity index (χ2v) is 10.2. The minimum Gasteiger partial charge on any atom is -0.384 e. The lowest BCUT2D eigenvalue weighted by Crippen LogP contribution is -2.48. The van der Waals surface area contributed by atoms with E-state index in [-0.39, 0.29) is 54.0 Å². The van der Waals surface area contributed by atoms with Gasteiger partial charge >= 0.3 is 0 Å². The summed E-state index contributed by atoms with van der Waals surface area (Å²) in [5, 5.41) is 19.1. The van der Waals surface area contributed by atoms with E-state index in [1.54, 1.807) is 7.11 Å². The van der Waals surface area contributed by atoms with Gasteiger partial charge in [-0.25, -0.2) is 9.97 Å². The predicted molar refractivity (Wildman–Crippen MR) is 148 cm³/mol. The fourth-order valence-corrected chi connectivity index (χ4v) is 4.03. The van der Waals surface area contributed by atoms with Crippen LogP contribution >= 0.6 is 24.8 Å². The summed E-state index contributed by atoms with van der Waals surface area (Å²) in [6.07, 6.45) is 4.75. The number of amidine groups is 1. The van der Waals surface area contributed by atoms with Crippen LogP contribution < -0.4 is 16.0 Å². The summed E-state index contributed by atoms with van der Waals surface area (Å²) >= 11 is 0. The van der Waals surface area contributed by atoms with Crippen LogP contribution in [0.2, 0.25) is 0 Å². The lowest BCUT2D eigenvalue weighted by molar-refractivity contribution is 0.0929. The van der Waals surface area contributed by atoms with Gasteiger partial charge in [-0.15, -0.1) is 24.8 Å². The molecule has 196 valence electrons. The van der Waals surface area contributed by atoms with Crippen molar-refractivity contribution in [2.75, 3.05) is 25.6 Å². The van der Waals surface area contributed by atoms with Crippen molar-refractivity contribution in [1.29, 1.82) is 5.41 Å². The summed E-state index contributed by atoms with van der Waals surface area (Å²) in [7, 11) is 1.65. The van der Waals surface area contributed by atoms with Gasteiger partial charge in [0.25, 0.3) is 5.91 Å². The van der Waals surface area contributed by atoms with Crippen molar-refractivity contribution in [3.05, 3.63) is 29.6 Å². The number of amides is 1. The highest BCUT2D eigenvalue weighted by Gasteiger charge is 2.27. The van der Waals surface area contributed by atoms with E-state index in [1.807, 2.05) is 19.1 Å². The van der Waals surface area contributed by atoms with Crippen molar-refractivity contribution in [3.63, 3.8) is 0 Å². The number of hydrogen-bond acceptors (Lipinski definition) is 6. The number of nitrogens with zero attached hydrogens (tertiary/aromatic N) is 2. The molecular formula is C25H40Cl2N6O2. The third kappa shape index (κ3) is 9.09. The van der Waals surface area contributed by atoms with E-state index in [0.29, 0.717) is 31.2 Å². The number of ether oxygens (including phenoxy) is 1. The van der Waals surface area contributed by atoms with Crippen molar-refractivity contribution in [2.45, 2.75) is 71.9 Å². The molecule has 1 heterocycles. The Labute approximate surface area is 221 Å². The highest BCUT2D eigenvalue weighted by molar-refractivity contribution is 5.96. The number of carbonyl (C=O) groups excluding carboxylic acids is 1. The number of aryl methyl sites for hydroxylation is 1. The lowest BCUT2D eigenvalue weighted by Gasteiger charge is -2.34. The molecule has 8 nitrogen and oxygen atoms in total. The third-order valence-corrected chi connectivity index (χ3v) is 5.84. The Hall–Kier alpha value is -2.16. The van der Waals surface area contributed by atoms with Gasteiger partial charge in [-0.2, -0.15) is 0 Å². The first-order valence-electron chi connectivity index (χ1n) is 11.8. The second kappa shape index (κ2) is 13.8. The van der Waals surface area contributed by atoms with Crippen LogP contribution in [0.4, 0.5) is 5.82 Å². The average molecular weight is 528 g/mol. The lowest BCUT2D eigenvalue weighted by atomic mass is 9.90. The Morgan fingerprint density at radius 2 is 1.83 bits per heavy atom. The van der Waals surface area contributed by atoms with Crippen LogP contribution in [-0.4, -0.2) is 54.1 Å². The van der Waals surface area contributed by atoms with Gasteiger partial charge in [-0.1, -0.05) is 45.2 Å². The molecule has 1 aromatic carbocycles. The summed E-state index contributed by atoms with van der Waals surface area (Å²) in [5.74, 6) is 1.06. The molecule has 1 fully saturated rings. The molecule has 4 N–H and O–H groups in total. The molecule has 35 heavy (non-hydrogen) atoms. The maximum Gasteiger partial charge on any atom is 0.289 e. The van der Waals surface area contributed by atoms with Gasteiger partial charge in [-0.3, -0.25) is 10.2 Å². The number of hydrogen-bond donors (Lipinski definition) is 4. The Morgan fingerprint density at radius 1 is 1.14 bits per heavy atom. The zero-order chi connectivity index (χ0) is 24.0. The topological polar surface area (TPSA) is 112 Å². The smallest absolute Gasteiger partial charge is 0.289 e. The summed E-state index contributed by atoms with van der Waals surface area (Å²) in [6.45, 7) is 9.33. The Bertz CT molecular complexity index is 996. The zero-order valence-electron chi connectivity index (χ0n) is 21.4. The molecule has 0 unspecified atom stereocenters. The first-order valence-corrected chi connectivity index (χ1v) is 11.8. The van der Waals surface area contributed by atoms with Crippen LogP contribution in [0.5, 0.6) is 0 Å². The standard InChI is InChI=1S/C25H38N6O2.2ClH/c1-16-10-11-18-17(14-16)22(31-23(29-18)24(32)27-15-25(2,3)4)30-20-9-7-6-8-19(20)28-21(26)12-13-33-5;;/h10-11,14,19-20H,6-9,12-13,15H2,1-5H3,(H2,26,28)(H,27,32)(H,29,30,31);2*1H/t19-,20+;;/m1../s1. The van der Waals surface area contributed by atoms with Crippen LogP contribution in [0.15, 0.2) is 18.2 Å². The second-order valence-electron chi connectivity index (χ2n) is 10.2. The number of halogens is 2. The van der Waals surface area contributed by atoms with Gasteiger partial charge in [0.05, 0.1) is 18.0 Å². The first-order chi connectivity index (χ1) is 15.7. The van der Waals surface area contributed by atoms with E-state index >= 15 is 0 Å². The fourth-order valence-electron chi connectivity index (χ4n) is 4.03. The molecular weight excluding hydrogens is 487 g/mol. The molecule has 1 aliphatic rings. The number of anilines is 1. The maximum absolute atomic E-state index is 12.8. The summed E-state index contributed by atoms with van der Waals surface area (Å²) in [5.41, 5.74) is 1.82. The minimum absolute atomic E-state index is 0. The van der Waals surface area contributed by atoms with Gasteiger partial charge in [0.1, 0.15) is 5.82 Å². The number of benzene rings is 1. The van der Waals surface area contributed by atoms with Crippen molar-refractivity contribution in [3.8, 4) is 0 Å². The van der Waals surface area contributed by atoms with Crippen LogP contribution in [-0.2, 0) is 4.74 Å². The largest absolute Gasteiger partial charge is 0.384 e. The highest BCUT2D eigenvalue weighted by atomic mass is 35.5. The summed E-state index contributed by atoms with van der Waals surface area (Å²) in [4.78, 5) is 22.0. The average Bonchev–Trinajstić information content (AvgIpc) is 2.77. The molecule has 0 bridgehead atoms. The summed E-state index contributed by atoms with van der Waals surface area (Å²) in [6, 6.07) is 6.22. The molecule has 0 spiro atoms. The van der Waals surface area contributed by atoms with Crippen molar-refractivity contribution in [1.82, 2.24) is 20.6 Å². The van der Waals surface area contributed by atoms with E-state index in [0.717, 1.165) is 42.1 Å². The van der Waals surface area contributed by atoms with E-state index in [1.165, 1.54) is 0 Å². The molecule has 2 aromatic rings. The van der Waals surface area contributed by atoms with E-state index in [4.69, 9.17) is 10.1 Å². The number of rotatable bonds is 8. The molecule has 0 radical (unpaired) electrons. The molecule has 0 saturated heterocycles. The van der Waals surface area contributed by atoms with E-state index < -0.39 is 0 Å². The molecule has 1 amide bonds. The van der Waals surface area contributed by atoms with E-state index in [9.17, 15) is 4.79 Å². The third-order valence-electron chi connectivity index (χ3n) is 5.84. The van der Waals surface area contributed by atoms with Gasteiger partial charge in [-0.05, 0) is 37.3 Å². The zero-order valence-corrected chi connectivity index (χ0v) is 23.0. The SMILES string of the molecule is COCCC(=N)N[C@@H]1CCCC[C@@H]1Nc1nc(C(=O)NCC(C)(C)C)nc2ccc(C)cc12.Cl.Cl. The van der Waals surface area contributed by atoms with Crippen LogP contribution in [0.1, 0.15) is 69.1 Å². The van der Waals surface area contributed by atoms with Crippen LogP contribution in [0, 0.1) is 17.7 Å². The molecule has 3 rings (SSSR count). The number of methoxy groups -OCH3 is 1. The first kappa shape index (κ1) is 30.9. The van der Waals surface area contributed by atoms with Crippen molar-refractivity contribution in [2.24, 2.45) is 5.41 Å². The van der Waals surface area contributed by atoms with Crippen molar-refractivity contribution < 1.29 is 9.53 Å². The molecule has 0 aliphatic heterocycles. The van der Waals surface area contributed by atoms with E-state index in [2.05, 4.69) is 52.8 Å². The monoisotopic (exact) mass is 526 g/mol. The number of carbonyl (C=O) groups is 1. The van der Waals surface area contributed by atoms with Gasteiger partial charge < -0.3 is 20.7 Å². The Kier molecular flexibility index (Phi) is 12.2. The normalized spacial score (nSPS) is 17.6. The molecule has 1 aliphatic carbocycles. The fraction of sp³-hybridized carbons (Fsp3) is 0.600. The van der Waals surface area contributed by atoms with Gasteiger partial charge in [0.15, 0.2) is 0 Å². The number of nitrogens with one attached hydrogen (secondary N) is 4. The van der Waals surface area contributed by atoms with Gasteiger partial charge in [0.2, 0.25) is 5.82 Å².